The molecule has 1 N–H and O–H groups in total. The van der Waals surface area contributed by atoms with E-state index in [2.05, 4.69) is 14.9 Å². The van der Waals surface area contributed by atoms with Gasteiger partial charge in [0.1, 0.15) is 0 Å². The highest BCUT2D eigenvalue weighted by Crippen LogP contribution is 2.15. The van der Waals surface area contributed by atoms with E-state index in [4.69, 9.17) is 9.26 Å². The summed E-state index contributed by atoms with van der Waals surface area (Å²) < 4.78 is 14.3. The lowest BCUT2D eigenvalue weighted by Crippen LogP contribution is -2.39. The molecule has 0 saturated heterocycles. The van der Waals surface area contributed by atoms with E-state index >= 15 is 0 Å². The summed E-state index contributed by atoms with van der Waals surface area (Å²) in [4.78, 5) is 38.4. The highest BCUT2D eigenvalue weighted by atomic mass is 16.6. The minimum absolute atomic E-state index is 0.0493. The molecule has 1 aromatic heterocycles. The van der Waals surface area contributed by atoms with Crippen LogP contribution < -0.4 is 5.32 Å². The number of amides is 2. The summed E-state index contributed by atoms with van der Waals surface area (Å²) in [5.41, 5.74) is 0.799. The molecule has 0 aliphatic heterocycles. The van der Waals surface area contributed by atoms with E-state index in [9.17, 15) is 14.4 Å². The topological polar surface area (TPSA) is 121 Å². The lowest BCUT2D eigenvalue weighted by molar-refractivity contribution is -0.154. The number of alkyl carbamates (subject to hydrolysis) is 1. The maximum absolute atomic E-state index is 11.8. The Morgan fingerprint density at radius 3 is 2.64 bits per heavy atom. The summed E-state index contributed by atoms with van der Waals surface area (Å²) >= 11 is 0. The normalized spacial score (nSPS) is 11.4. The zero-order valence-corrected chi connectivity index (χ0v) is 13.7. The molecule has 25 heavy (non-hydrogen) atoms. The predicted octanol–water partition coefficient (Wildman–Crippen LogP) is 1.48. The van der Waals surface area contributed by atoms with Crippen molar-refractivity contribution in [3.05, 3.63) is 36.2 Å². The van der Waals surface area contributed by atoms with Gasteiger partial charge in [-0.15, -0.1) is 0 Å². The minimum Gasteiger partial charge on any atom is -0.453 e. The van der Waals surface area contributed by atoms with Crippen molar-refractivity contribution in [2.45, 2.75) is 25.9 Å². The van der Waals surface area contributed by atoms with Crippen LogP contribution in [0.25, 0.3) is 11.4 Å². The van der Waals surface area contributed by atoms with E-state index in [1.165, 1.54) is 6.92 Å². The predicted molar refractivity (Wildman–Crippen MR) is 84.2 cm³/mol. The Morgan fingerprint density at radius 1 is 1.24 bits per heavy atom. The van der Waals surface area contributed by atoms with E-state index in [0.29, 0.717) is 5.82 Å². The Morgan fingerprint density at radius 2 is 1.96 bits per heavy atom. The van der Waals surface area contributed by atoms with Crippen molar-refractivity contribution in [1.82, 2.24) is 15.5 Å². The average molecular weight is 347 g/mol. The number of hydrogen-bond donors (Lipinski definition) is 1. The molecule has 1 aromatic carbocycles. The van der Waals surface area contributed by atoms with Crippen molar-refractivity contribution >= 4 is 18.0 Å². The van der Waals surface area contributed by atoms with Crippen molar-refractivity contribution in [1.29, 1.82) is 0 Å². The van der Waals surface area contributed by atoms with Crippen LogP contribution in [-0.4, -0.2) is 41.3 Å². The van der Waals surface area contributed by atoms with Gasteiger partial charge in [0.25, 0.3) is 5.91 Å². The van der Waals surface area contributed by atoms with Gasteiger partial charge in [0, 0.05) is 12.0 Å². The molecule has 0 radical (unpaired) electrons. The van der Waals surface area contributed by atoms with E-state index in [1.54, 1.807) is 0 Å². The molecule has 0 spiro atoms. The molecule has 0 aliphatic carbocycles. The van der Waals surface area contributed by atoms with Crippen molar-refractivity contribution in [2.24, 2.45) is 0 Å². The van der Waals surface area contributed by atoms with Crippen LogP contribution in [0.2, 0.25) is 0 Å². The van der Waals surface area contributed by atoms with Crippen LogP contribution in [0.5, 0.6) is 0 Å². The highest BCUT2D eigenvalue weighted by Gasteiger charge is 2.20. The second-order valence-corrected chi connectivity index (χ2v) is 4.99. The summed E-state index contributed by atoms with van der Waals surface area (Å²) in [6.45, 7) is 1.34. The molecule has 2 aromatic rings. The van der Waals surface area contributed by atoms with Crippen LogP contribution in [0.4, 0.5) is 4.79 Å². The lowest BCUT2D eigenvalue weighted by Gasteiger charge is -2.11. The fourth-order valence-electron chi connectivity index (χ4n) is 1.83. The number of benzene rings is 1. The van der Waals surface area contributed by atoms with Gasteiger partial charge in [0.05, 0.1) is 13.5 Å². The molecule has 1 heterocycles. The summed E-state index contributed by atoms with van der Waals surface area (Å²) in [5, 5.41) is 5.75. The number of nitrogens with zero attached hydrogens (tertiary/aromatic N) is 2. The Labute approximate surface area is 143 Å². The number of hydrogen-bond acceptors (Lipinski definition) is 8. The van der Waals surface area contributed by atoms with Crippen LogP contribution in [0.15, 0.2) is 34.9 Å². The molecule has 2 amide bonds. The summed E-state index contributed by atoms with van der Waals surface area (Å²) in [7, 11) is 1.12. The molecule has 2 rings (SSSR count). The van der Waals surface area contributed by atoms with Gasteiger partial charge < -0.3 is 14.0 Å². The molecule has 1 atom stereocenters. The first-order valence-corrected chi connectivity index (χ1v) is 7.46. The third kappa shape index (κ3) is 5.41. The third-order valence-corrected chi connectivity index (χ3v) is 3.13. The first kappa shape index (κ1) is 18.1. The largest absolute Gasteiger partial charge is 0.453 e. The molecule has 132 valence electrons. The van der Waals surface area contributed by atoms with E-state index in [0.717, 1.165) is 12.7 Å². The fourth-order valence-corrected chi connectivity index (χ4v) is 1.83. The van der Waals surface area contributed by atoms with E-state index in [1.807, 2.05) is 35.6 Å². The van der Waals surface area contributed by atoms with Crippen molar-refractivity contribution in [3.63, 3.8) is 0 Å². The van der Waals surface area contributed by atoms with Gasteiger partial charge in [0.15, 0.2) is 6.10 Å². The number of carbonyl (C=O) groups excluding carboxylic acids is 3. The highest BCUT2D eigenvalue weighted by molar-refractivity contribution is 5.94. The maximum atomic E-state index is 11.8. The number of esters is 1. The molecule has 0 aliphatic rings. The number of methoxy groups -OCH3 is 1. The second-order valence-electron chi connectivity index (χ2n) is 4.99. The standard InChI is InChI=1S/C16H17N3O6/c1-10(15(21)18-16(22)23-2)24-13(20)9-8-12-17-14(19-25-12)11-6-4-3-5-7-11/h3-7,10H,8-9H2,1-2H3,(H,18,21,22)/t10-/m0/s1. The molecule has 9 nitrogen and oxygen atoms in total. The maximum Gasteiger partial charge on any atom is 0.413 e. The van der Waals surface area contributed by atoms with Crippen LogP contribution in [0.1, 0.15) is 19.2 Å². The smallest absolute Gasteiger partial charge is 0.413 e. The van der Waals surface area contributed by atoms with Gasteiger partial charge in [0.2, 0.25) is 11.7 Å². The Balaban J connectivity index is 1.81. The van der Waals surface area contributed by atoms with Crippen LogP contribution in [0.3, 0.4) is 0 Å². The quantitative estimate of drug-likeness (QED) is 0.780. The lowest BCUT2D eigenvalue weighted by atomic mass is 10.2. The summed E-state index contributed by atoms with van der Waals surface area (Å²) in [5.74, 6) is -0.700. The Kier molecular flexibility index (Phi) is 6.21. The van der Waals surface area contributed by atoms with Gasteiger partial charge in [-0.05, 0) is 6.92 Å². The molecule has 0 unspecified atom stereocenters. The third-order valence-electron chi connectivity index (χ3n) is 3.13. The second kappa shape index (κ2) is 8.57. The molecule has 0 bridgehead atoms. The molecular formula is C16H17N3O6. The van der Waals surface area contributed by atoms with E-state index < -0.39 is 24.1 Å². The zero-order chi connectivity index (χ0) is 18.2. The van der Waals surface area contributed by atoms with Crippen molar-refractivity contribution < 1.29 is 28.4 Å². The summed E-state index contributed by atoms with van der Waals surface area (Å²) in [6.07, 6.45) is -1.93. The Hall–Kier alpha value is -3.23. The number of imide groups is 1. The number of carbonyl (C=O) groups is 3. The van der Waals surface area contributed by atoms with Gasteiger partial charge >= 0.3 is 12.1 Å². The van der Waals surface area contributed by atoms with Gasteiger partial charge in [-0.3, -0.25) is 14.9 Å². The van der Waals surface area contributed by atoms with Gasteiger partial charge in [-0.25, -0.2) is 4.79 Å². The van der Waals surface area contributed by atoms with Gasteiger partial charge in [-0.1, -0.05) is 35.5 Å². The number of aryl methyl sites for hydroxylation is 1. The first-order valence-electron chi connectivity index (χ1n) is 7.46. The number of ether oxygens (including phenoxy) is 2. The molecule has 9 heteroatoms. The average Bonchev–Trinajstić information content (AvgIpc) is 3.09. The molecular weight excluding hydrogens is 330 g/mol. The molecule has 0 fully saturated rings. The van der Waals surface area contributed by atoms with Gasteiger partial charge in [-0.2, -0.15) is 4.98 Å². The van der Waals surface area contributed by atoms with Crippen LogP contribution in [0, 0.1) is 0 Å². The zero-order valence-electron chi connectivity index (χ0n) is 13.7. The summed E-state index contributed by atoms with van der Waals surface area (Å²) in [6, 6.07) is 9.25. The SMILES string of the molecule is COC(=O)NC(=O)[C@H](C)OC(=O)CCc1nc(-c2ccccc2)no1. The molecule has 0 saturated carbocycles. The number of rotatable bonds is 6. The number of aromatic nitrogens is 2. The monoisotopic (exact) mass is 347 g/mol. The van der Waals surface area contributed by atoms with Crippen molar-refractivity contribution in [2.75, 3.05) is 7.11 Å². The first-order chi connectivity index (χ1) is 12.0. The Bertz CT molecular complexity index is 743. The van der Waals surface area contributed by atoms with E-state index in [-0.39, 0.29) is 18.7 Å². The van der Waals surface area contributed by atoms with Crippen molar-refractivity contribution in [3.8, 4) is 11.4 Å². The number of nitrogens with one attached hydrogen (secondary N) is 1. The fraction of sp³-hybridized carbons (Fsp3) is 0.312. The van der Waals surface area contributed by atoms with Crippen LogP contribution >= 0.6 is 0 Å². The minimum atomic E-state index is -1.13. The van der Waals surface area contributed by atoms with Crippen LogP contribution in [-0.2, 0) is 25.5 Å².